The highest BCUT2D eigenvalue weighted by Gasteiger charge is 2.09. The van der Waals surface area contributed by atoms with Gasteiger partial charge in [0.1, 0.15) is 0 Å². The minimum Gasteiger partial charge on any atom is -0.768 e. The van der Waals surface area contributed by atoms with Crippen LogP contribution < -0.4 is 11.1 Å². The molecule has 8 heteroatoms. The van der Waals surface area contributed by atoms with Gasteiger partial charge in [0.15, 0.2) is 5.13 Å². The summed E-state index contributed by atoms with van der Waals surface area (Å²) in [5.74, 6) is -0.172. The second-order valence-corrected chi connectivity index (χ2v) is 7.08. The summed E-state index contributed by atoms with van der Waals surface area (Å²) in [5.41, 5.74) is 8.59. The molecule has 6 nitrogen and oxygen atoms in total. The third-order valence-corrected chi connectivity index (χ3v) is 5.14. The Morgan fingerprint density at radius 1 is 1.29 bits per heavy atom. The Kier molecular flexibility index (Phi) is 4.72. The van der Waals surface area contributed by atoms with Crippen molar-refractivity contribution in [3.05, 3.63) is 42.0 Å². The standard InChI is InChI=1S/C16H15N3O3S2/c1-9(20)18-16-19-13-5-4-10(6-14(13)23-16)11-2-3-12(8-17)15(7-11)24(21)22/h2-7H,8,17H2,1H3,(H,21,22)(H,18,19,20)/p-1. The van der Waals surface area contributed by atoms with E-state index in [0.717, 1.165) is 21.3 Å². The van der Waals surface area contributed by atoms with Gasteiger partial charge in [-0.15, -0.1) is 0 Å². The molecule has 1 atom stereocenters. The van der Waals surface area contributed by atoms with E-state index in [1.807, 2.05) is 24.3 Å². The zero-order valence-electron chi connectivity index (χ0n) is 12.7. The van der Waals surface area contributed by atoms with Crippen molar-refractivity contribution >= 4 is 43.7 Å². The molecule has 0 bridgehead atoms. The Balaban J connectivity index is 2.04. The predicted molar refractivity (Wildman–Crippen MR) is 94.4 cm³/mol. The number of fused-ring (bicyclic) bond motifs is 1. The summed E-state index contributed by atoms with van der Waals surface area (Å²) in [6, 6.07) is 10.8. The molecule has 3 aromatic rings. The van der Waals surface area contributed by atoms with Crippen LogP contribution in [0.2, 0.25) is 0 Å². The van der Waals surface area contributed by atoms with E-state index in [2.05, 4.69) is 10.3 Å². The summed E-state index contributed by atoms with van der Waals surface area (Å²) < 4.78 is 23.7. The Hall–Kier alpha value is -2.13. The molecule has 0 fully saturated rings. The molecule has 0 aliphatic heterocycles. The van der Waals surface area contributed by atoms with Gasteiger partial charge in [-0.2, -0.15) is 0 Å². The van der Waals surface area contributed by atoms with Gasteiger partial charge >= 0.3 is 0 Å². The third kappa shape index (κ3) is 3.36. The van der Waals surface area contributed by atoms with E-state index in [0.29, 0.717) is 10.7 Å². The molecule has 1 aromatic heterocycles. The maximum absolute atomic E-state index is 11.4. The van der Waals surface area contributed by atoms with E-state index in [-0.39, 0.29) is 17.3 Å². The van der Waals surface area contributed by atoms with Crippen LogP contribution in [0.25, 0.3) is 21.3 Å². The van der Waals surface area contributed by atoms with Gasteiger partial charge in [-0.3, -0.25) is 9.00 Å². The molecule has 0 spiro atoms. The van der Waals surface area contributed by atoms with E-state index in [1.54, 1.807) is 12.1 Å². The van der Waals surface area contributed by atoms with Crippen molar-refractivity contribution in [2.45, 2.75) is 18.4 Å². The highest BCUT2D eigenvalue weighted by atomic mass is 32.2. The van der Waals surface area contributed by atoms with Crippen molar-refractivity contribution in [3.8, 4) is 11.1 Å². The second-order valence-electron chi connectivity index (χ2n) is 5.14. The van der Waals surface area contributed by atoms with Crippen LogP contribution in [0.4, 0.5) is 5.13 Å². The number of nitrogens with one attached hydrogen (secondary N) is 1. The number of hydrogen-bond donors (Lipinski definition) is 2. The summed E-state index contributed by atoms with van der Waals surface area (Å²) >= 11 is -0.974. The minimum absolute atomic E-state index is 0.164. The van der Waals surface area contributed by atoms with E-state index >= 15 is 0 Å². The van der Waals surface area contributed by atoms with Gasteiger partial charge in [-0.1, -0.05) is 29.5 Å². The molecule has 0 saturated heterocycles. The summed E-state index contributed by atoms with van der Waals surface area (Å²) in [7, 11) is 0. The molecular formula is C16H14N3O3S2-. The second kappa shape index (κ2) is 6.78. The lowest BCUT2D eigenvalue weighted by Crippen LogP contribution is -2.04. The van der Waals surface area contributed by atoms with Crippen LogP contribution in [0.3, 0.4) is 0 Å². The lowest BCUT2D eigenvalue weighted by Gasteiger charge is -2.12. The van der Waals surface area contributed by atoms with Crippen molar-refractivity contribution in [1.29, 1.82) is 0 Å². The van der Waals surface area contributed by atoms with Gasteiger partial charge < -0.3 is 15.6 Å². The first-order valence-electron chi connectivity index (χ1n) is 7.08. The van der Waals surface area contributed by atoms with Crippen molar-refractivity contribution < 1.29 is 13.6 Å². The van der Waals surface area contributed by atoms with E-state index in [1.165, 1.54) is 18.3 Å². The highest BCUT2D eigenvalue weighted by molar-refractivity contribution is 7.79. The summed E-state index contributed by atoms with van der Waals surface area (Å²) in [5, 5.41) is 3.20. The molecule has 1 heterocycles. The zero-order valence-corrected chi connectivity index (χ0v) is 14.4. The molecule has 2 aromatic carbocycles. The number of aromatic nitrogens is 1. The van der Waals surface area contributed by atoms with Gasteiger partial charge in [-0.25, -0.2) is 4.98 Å². The fraction of sp³-hybridized carbons (Fsp3) is 0.125. The number of thiazole rings is 1. The van der Waals surface area contributed by atoms with Gasteiger partial charge in [-0.05, 0) is 46.0 Å². The minimum atomic E-state index is -2.34. The number of hydrogen-bond acceptors (Lipinski definition) is 6. The first-order valence-corrected chi connectivity index (χ1v) is 8.98. The number of rotatable bonds is 4. The number of anilines is 1. The smallest absolute Gasteiger partial charge is 0.223 e. The molecule has 1 unspecified atom stereocenters. The average molecular weight is 360 g/mol. The van der Waals surface area contributed by atoms with Crippen LogP contribution in [0.15, 0.2) is 41.3 Å². The van der Waals surface area contributed by atoms with Crippen molar-refractivity contribution in [2.75, 3.05) is 5.32 Å². The lowest BCUT2D eigenvalue weighted by molar-refractivity contribution is -0.114. The van der Waals surface area contributed by atoms with Gasteiger partial charge in [0.2, 0.25) is 5.91 Å². The van der Waals surface area contributed by atoms with Crippen molar-refractivity contribution in [2.24, 2.45) is 5.73 Å². The number of amides is 1. The summed E-state index contributed by atoms with van der Waals surface area (Å²) in [6.07, 6.45) is 0. The molecule has 124 valence electrons. The molecule has 3 rings (SSSR count). The van der Waals surface area contributed by atoms with Gasteiger partial charge in [0.25, 0.3) is 0 Å². The molecule has 24 heavy (non-hydrogen) atoms. The van der Waals surface area contributed by atoms with Gasteiger partial charge in [0.05, 0.1) is 10.2 Å². The maximum atomic E-state index is 11.4. The lowest BCUT2D eigenvalue weighted by atomic mass is 10.0. The summed E-state index contributed by atoms with van der Waals surface area (Å²) in [6.45, 7) is 1.60. The van der Waals surface area contributed by atoms with E-state index in [4.69, 9.17) is 5.73 Å². The number of nitrogens with two attached hydrogens (primary N) is 1. The van der Waals surface area contributed by atoms with E-state index in [9.17, 15) is 13.6 Å². The maximum Gasteiger partial charge on any atom is 0.223 e. The zero-order chi connectivity index (χ0) is 17.3. The van der Waals surface area contributed by atoms with Crippen LogP contribution >= 0.6 is 11.3 Å². The van der Waals surface area contributed by atoms with E-state index < -0.39 is 11.1 Å². The quantitative estimate of drug-likeness (QED) is 0.695. The van der Waals surface area contributed by atoms with Crippen LogP contribution in [-0.4, -0.2) is 19.7 Å². The Labute approximate surface area is 145 Å². The number of carbonyl (C=O) groups is 1. The van der Waals surface area contributed by atoms with Crippen LogP contribution in [0.5, 0.6) is 0 Å². The molecule has 0 aliphatic rings. The Morgan fingerprint density at radius 3 is 2.67 bits per heavy atom. The van der Waals surface area contributed by atoms with Crippen molar-refractivity contribution in [3.63, 3.8) is 0 Å². The number of benzene rings is 2. The Bertz CT molecular complexity index is 953. The fourth-order valence-electron chi connectivity index (χ4n) is 2.37. The monoisotopic (exact) mass is 360 g/mol. The number of nitrogens with zero attached hydrogens (tertiary/aromatic N) is 1. The topological polar surface area (TPSA) is 108 Å². The number of carbonyl (C=O) groups excluding carboxylic acids is 1. The molecule has 3 N–H and O–H groups in total. The largest absolute Gasteiger partial charge is 0.768 e. The Morgan fingerprint density at radius 2 is 2.00 bits per heavy atom. The third-order valence-electron chi connectivity index (χ3n) is 3.47. The average Bonchev–Trinajstić information content (AvgIpc) is 2.94. The van der Waals surface area contributed by atoms with Crippen LogP contribution in [0.1, 0.15) is 12.5 Å². The normalized spacial score (nSPS) is 12.3. The first-order chi connectivity index (χ1) is 11.5. The summed E-state index contributed by atoms with van der Waals surface area (Å²) in [4.78, 5) is 15.7. The molecule has 0 radical (unpaired) electrons. The molecule has 1 amide bonds. The molecular weight excluding hydrogens is 346 g/mol. The first kappa shape index (κ1) is 16.7. The van der Waals surface area contributed by atoms with Crippen LogP contribution in [0, 0.1) is 0 Å². The molecule has 0 aliphatic carbocycles. The fourth-order valence-corrected chi connectivity index (χ4v) is 3.91. The SMILES string of the molecule is CC(=O)Nc1nc2ccc(-c3ccc(CN)c(S(=O)[O-])c3)cc2s1. The van der Waals surface area contributed by atoms with Crippen LogP contribution in [-0.2, 0) is 22.4 Å². The molecule has 0 saturated carbocycles. The predicted octanol–water partition coefficient (Wildman–Crippen LogP) is 2.62. The highest BCUT2D eigenvalue weighted by Crippen LogP contribution is 2.31. The van der Waals surface area contributed by atoms with Gasteiger partial charge in [0, 0.05) is 18.4 Å². The van der Waals surface area contributed by atoms with Crippen molar-refractivity contribution in [1.82, 2.24) is 4.98 Å².